The molecule has 176 valence electrons. The van der Waals surface area contributed by atoms with Gasteiger partial charge in [0.25, 0.3) is 11.8 Å². The Labute approximate surface area is 204 Å². The molecule has 2 amide bonds. The second-order valence-corrected chi connectivity index (χ2v) is 8.63. The first-order valence-corrected chi connectivity index (χ1v) is 11.7. The van der Waals surface area contributed by atoms with Crippen LogP contribution >= 0.6 is 0 Å². The zero-order chi connectivity index (χ0) is 24.3. The lowest BCUT2D eigenvalue weighted by atomic mass is 9.78. The number of nitrogens with one attached hydrogen (secondary N) is 3. The molecule has 0 saturated heterocycles. The van der Waals surface area contributed by atoms with Gasteiger partial charge in [-0.25, -0.2) is 0 Å². The number of fused-ring (bicyclic) bond motifs is 2. The smallest absolute Gasteiger partial charge is 0.255 e. The molecule has 6 heteroatoms. The second kappa shape index (κ2) is 9.60. The van der Waals surface area contributed by atoms with Gasteiger partial charge in [0.2, 0.25) is 0 Å². The normalized spacial score (nSPS) is 21.0. The Bertz CT molecular complexity index is 1230. The van der Waals surface area contributed by atoms with E-state index in [1.165, 1.54) is 0 Å². The van der Waals surface area contributed by atoms with Gasteiger partial charge in [-0.15, -0.1) is 0 Å². The van der Waals surface area contributed by atoms with Crippen molar-refractivity contribution in [1.82, 2.24) is 5.32 Å². The molecule has 35 heavy (non-hydrogen) atoms. The number of carbonyl (C=O) groups is 2. The molecule has 2 aliphatic heterocycles. The van der Waals surface area contributed by atoms with Crippen LogP contribution in [0.3, 0.4) is 0 Å². The van der Waals surface area contributed by atoms with Crippen molar-refractivity contribution in [1.29, 1.82) is 0 Å². The van der Waals surface area contributed by atoms with Crippen molar-refractivity contribution in [3.63, 3.8) is 0 Å². The minimum absolute atomic E-state index is 0.331. The Hall–Kier alpha value is -4.16. The van der Waals surface area contributed by atoms with Crippen molar-refractivity contribution in [2.24, 2.45) is 0 Å². The minimum Gasteiger partial charge on any atom is -0.378 e. The summed E-state index contributed by atoms with van der Waals surface area (Å²) in [5, 5.41) is 9.24. The van der Waals surface area contributed by atoms with Crippen molar-refractivity contribution in [2.75, 3.05) is 17.7 Å². The van der Waals surface area contributed by atoms with Gasteiger partial charge in [-0.2, -0.15) is 0 Å². The Morgan fingerprint density at radius 1 is 0.857 bits per heavy atom. The summed E-state index contributed by atoms with van der Waals surface area (Å²) in [5.74, 6) is -0.674. The van der Waals surface area contributed by atoms with Gasteiger partial charge >= 0.3 is 0 Å². The molecule has 0 aromatic heterocycles. The summed E-state index contributed by atoms with van der Waals surface area (Å²) in [5.41, 5.74) is 2.22. The number of carbonyl (C=O) groups excluding carboxylic acids is 2. The van der Waals surface area contributed by atoms with Crippen molar-refractivity contribution >= 4 is 23.2 Å². The van der Waals surface area contributed by atoms with E-state index in [1.54, 1.807) is 7.05 Å². The number of para-hydroxylation sites is 2. The van der Waals surface area contributed by atoms with Gasteiger partial charge in [-0.1, -0.05) is 72.8 Å². The molecule has 2 aliphatic rings. The molecule has 2 heterocycles. The number of hydrogen-bond acceptors (Lipinski definition) is 4. The van der Waals surface area contributed by atoms with E-state index in [-0.39, 0.29) is 17.9 Å². The maximum atomic E-state index is 13.4. The van der Waals surface area contributed by atoms with Gasteiger partial charge in [0.1, 0.15) is 11.7 Å². The van der Waals surface area contributed by atoms with Gasteiger partial charge in [0.15, 0.2) is 0 Å². The van der Waals surface area contributed by atoms with Crippen LogP contribution in [0.4, 0.5) is 11.4 Å². The molecule has 2 bridgehead atoms. The summed E-state index contributed by atoms with van der Waals surface area (Å²) >= 11 is 0. The summed E-state index contributed by atoms with van der Waals surface area (Å²) < 4.78 is 6.50. The molecule has 0 aliphatic carbocycles. The average Bonchev–Trinajstić information content (AvgIpc) is 3.48. The van der Waals surface area contributed by atoms with Crippen molar-refractivity contribution < 1.29 is 14.3 Å². The number of likely N-dealkylation sites (N-methyl/N-ethyl adjacent to an activating group) is 1. The zero-order valence-electron chi connectivity index (χ0n) is 19.4. The topological polar surface area (TPSA) is 79.5 Å². The summed E-state index contributed by atoms with van der Waals surface area (Å²) in [4.78, 5) is 26.7. The van der Waals surface area contributed by atoms with Crippen LogP contribution in [0.5, 0.6) is 0 Å². The van der Waals surface area contributed by atoms with Crippen molar-refractivity contribution in [3.05, 3.63) is 120 Å². The maximum Gasteiger partial charge on any atom is 0.255 e. The fraction of sp³-hybridized carbons (Fsp3) is 0.172. The van der Waals surface area contributed by atoms with Crippen LogP contribution in [-0.4, -0.2) is 36.6 Å². The number of anilines is 2. The molecule has 3 aromatic carbocycles. The number of amides is 2. The van der Waals surface area contributed by atoms with Gasteiger partial charge < -0.3 is 20.7 Å². The summed E-state index contributed by atoms with van der Waals surface area (Å²) in [6.45, 7) is 0. The molecule has 5 rings (SSSR count). The standard InChI is InChI=1S/C29H27N3O3/c1-30-28(34)26-25(27(33)32-22-15-9-4-10-16-22)23-17-18-29(26,35-23)24(19-20-11-5-2-6-12-20)31-21-13-7-3-8-14-21/h2-18,23-24,31H,19H2,1H3,(H,30,34)(H,32,33). The largest absolute Gasteiger partial charge is 0.378 e. The first-order chi connectivity index (χ1) is 17.1. The van der Waals surface area contributed by atoms with Crippen LogP contribution in [0.15, 0.2) is 114 Å². The first-order valence-electron chi connectivity index (χ1n) is 11.7. The van der Waals surface area contributed by atoms with Crippen LogP contribution < -0.4 is 16.0 Å². The van der Waals surface area contributed by atoms with Gasteiger partial charge in [-0.05, 0) is 42.3 Å². The zero-order valence-corrected chi connectivity index (χ0v) is 19.4. The molecule has 0 radical (unpaired) electrons. The molecule has 0 fully saturated rings. The molecule has 3 unspecified atom stereocenters. The minimum atomic E-state index is -1.11. The van der Waals surface area contributed by atoms with Gasteiger partial charge in [0, 0.05) is 18.4 Å². The van der Waals surface area contributed by atoms with Crippen LogP contribution in [0.2, 0.25) is 0 Å². The van der Waals surface area contributed by atoms with Crippen LogP contribution in [0.25, 0.3) is 0 Å². The summed E-state index contributed by atoms with van der Waals surface area (Å²) in [6.07, 6.45) is 3.77. The van der Waals surface area contributed by atoms with Gasteiger partial charge in [0.05, 0.1) is 17.2 Å². The quantitative estimate of drug-likeness (QED) is 0.438. The van der Waals surface area contributed by atoms with E-state index < -0.39 is 11.7 Å². The van der Waals surface area contributed by atoms with E-state index in [0.717, 1.165) is 11.3 Å². The SMILES string of the molecule is CNC(=O)C1=C(C(=O)Nc2ccccc2)C2C=CC1(C(Cc1ccccc1)Nc1ccccc1)O2. The highest BCUT2D eigenvalue weighted by molar-refractivity contribution is 6.13. The van der Waals surface area contributed by atoms with Crippen LogP contribution in [0.1, 0.15) is 5.56 Å². The Morgan fingerprint density at radius 3 is 2.09 bits per heavy atom. The van der Waals surface area contributed by atoms with Crippen molar-refractivity contribution in [2.45, 2.75) is 24.2 Å². The van der Waals surface area contributed by atoms with E-state index in [2.05, 4.69) is 16.0 Å². The molecule has 0 spiro atoms. The number of hydrogen-bond donors (Lipinski definition) is 3. The van der Waals surface area contributed by atoms with E-state index in [9.17, 15) is 9.59 Å². The maximum absolute atomic E-state index is 13.4. The predicted molar refractivity (Wildman–Crippen MR) is 137 cm³/mol. The molecule has 0 saturated carbocycles. The Morgan fingerprint density at radius 2 is 1.46 bits per heavy atom. The molecular formula is C29H27N3O3. The fourth-order valence-electron chi connectivity index (χ4n) is 4.82. The summed E-state index contributed by atoms with van der Waals surface area (Å²) in [6, 6.07) is 28.7. The van der Waals surface area contributed by atoms with Gasteiger partial charge in [-0.3, -0.25) is 9.59 Å². The molecular weight excluding hydrogens is 438 g/mol. The highest BCUT2D eigenvalue weighted by Gasteiger charge is 2.57. The molecule has 6 nitrogen and oxygen atoms in total. The van der Waals surface area contributed by atoms with E-state index in [0.29, 0.717) is 23.3 Å². The number of benzene rings is 3. The summed E-state index contributed by atoms with van der Waals surface area (Å²) in [7, 11) is 1.57. The number of rotatable bonds is 8. The highest BCUT2D eigenvalue weighted by Crippen LogP contribution is 2.47. The lowest BCUT2D eigenvalue weighted by Crippen LogP contribution is -2.50. The monoisotopic (exact) mass is 465 g/mol. The third-order valence-electron chi connectivity index (χ3n) is 6.43. The Kier molecular flexibility index (Phi) is 6.21. The third-order valence-corrected chi connectivity index (χ3v) is 6.43. The second-order valence-electron chi connectivity index (χ2n) is 8.63. The average molecular weight is 466 g/mol. The lowest BCUT2D eigenvalue weighted by Gasteiger charge is -2.36. The number of ether oxygens (including phenoxy) is 1. The first kappa shape index (κ1) is 22.6. The predicted octanol–water partition coefficient (Wildman–Crippen LogP) is 4.10. The van der Waals surface area contributed by atoms with Crippen LogP contribution in [0, 0.1) is 0 Å². The Balaban J connectivity index is 1.57. The fourth-order valence-corrected chi connectivity index (χ4v) is 4.82. The van der Waals surface area contributed by atoms with E-state index in [1.807, 2.05) is 103 Å². The molecule has 3 aromatic rings. The molecule has 3 atom stereocenters. The van der Waals surface area contributed by atoms with Crippen LogP contribution in [-0.2, 0) is 20.7 Å². The molecule has 3 N–H and O–H groups in total. The van der Waals surface area contributed by atoms with E-state index >= 15 is 0 Å². The highest BCUT2D eigenvalue weighted by atomic mass is 16.5. The van der Waals surface area contributed by atoms with Crippen molar-refractivity contribution in [3.8, 4) is 0 Å². The lowest BCUT2D eigenvalue weighted by molar-refractivity contribution is -0.119. The van der Waals surface area contributed by atoms with E-state index in [4.69, 9.17) is 4.74 Å². The third kappa shape index (κ3) is 4.36.